The van der Waals surface area contributed by atoms with E-state index >= 15 is 0 Å². The highest BCUT2D eigenvalue weighted by Crippen LogP contribution is 2.37. The van der Waals surface area contributed by atoms with E-state index in [0.29, 0.717) is 31.6 Å². The highest BCUT2D eigenvalue weighted by atomic mass is 19.4. The zero-order valence-corrected chi connectivity index (χ0v) is 18.5. The van der Waals surface area contributed by atoms with Gasteiger partial charge in [-0.05, 0) is 55.2 Å². The number of hydrogen-bond acceptors (Lipinski definition) is 5. The molecule has 34 heavy (non-hydrogen) atoms. The van der Waals surface area contributed by atoms with Crippen LogP contribution in [0.25, 0.3) is 0 Å². The molecular weight excluding hydrogens is 453 g/mol. The Morgan fingerprint density at radius 3 is 2.62 bits per heavy atom. The average molecular weight is 478 g/mol. The molecule has 1 aliphatic heterocycles. The Kier molecular flexibility index (Phi) is 8.17. The fourth-order valence-corrected chi connectivity index (χ4v) is 3.43. The molecular formula is C24H25F3N2O5. The summed E-state index contributed by atoms with van der Waals surface area (Å²) in [6, 6.07) is 8.22. The van der Waals surface area contributed by atoms with Gasteiger partial charge in [-0.2, -0.15) is 13.2 Å². The number of halogens is 3. The zero-order valence-electron chi connectivity index (χ0n) is 18.5. The molecule has 0 saturated carbocycles. The molecule has 0 bridgehead atoms. The van der Waals surface area contributed by atoms with Gasteiger partial charge in [0.15, 0.2) is 18.1 Å². The maximum atomic E-state index is 13.6. The molecule has 2 amide bonds. The molecule has 10 heteroatoms. The minimum absolute atomic E-state index is 0.0496. The van der Waals surface area contributed by atoms with E-state index in [9.17, 15) is 22.8 Å². The van der Waals surface area contributed by atoms with E-state index in [1.54, 1.807) is 24.3 Å². The van der Waals surface area contributed by atoms with Crippen molar-refractivity contribution in [1.29, 1.82) is 0 Å². The van der Waals surface area contributed by atoms with E-state index in [0.717, 1.165) is 17.7 Å². The normalized spacial score (nSPS) is 15.5. The molecule has 1 atom stereocenters. The number of methoxy groups -OCH3 is 1. The van der Waals surface area contributed by atoms with Gasteiger partial charge in [0, 0.05) is 12.3 Å². The van der Waals surface area contributed by atoms with Gasteiger partial charge in [0.25, 0.3) is 11.8 Å². The molecule has 2 aromatic rings. The first-order valence-electron chi connectivity index (χ1n) is 10.6. The lowest BCUT2D eigenvalue weighted by molar-refractivity contribution is -0.137. The number of nitrogens with one attached hydrogen (secondary N) is 2. The zero-order chi connectivity index (χ0) is 24.7. The number of hydrogen-bond donors (Lipinski definition) is 2. The van der Waals surface area contributed by atoms with Crippen LogP contribution < -0.4 is 20.1 Å². The summed E-state index contributed by atoms with van der Waals surface area (Å²) in [5.74, 6) is -0.647. The van der Waals surface area contributed by atoms with Gasteiger partial charge in [-0.15, -0.1) is 6.58 Å². The highest BCUT2D eigenvalue weighted by Gasteiger charge is 2.35. The SMILES string of the molecule is C=CCc1ccc(OCC(=O)Nc2ccc(NC(=O)C3CCCO3)cc2C(F)(F)F)c(OC)c1. The predicted octanol–water partition coefficient (Wildman–Crippen LogP) is 4.58. The quantitative estimate of drug-likeness (QED) is 0.516. The number of carbonyl (C=O) groups excluding carboxylic acids is 2. The van der Waals surface area contributed by atoms with Crippen LogP contribution in [-0.2, 0) is 26.9 Å². The number of benzene rings is 2. The molecule has 1 heterocycles. The molecule has 3 rings (SSSR count). The van der Waals surface area contributed by atoms with Gasteiger partial charge in [0.1, 0.15) is 6.10 Å². The monoisotopic (exact) mass is 478 g/mol. The van der Waals surface area contributed by atoms with E-state index in [1.165, 1.54) is 13.2 Å². The first-order valence-corrected chi connectivity index (χ1v) is 10.6. The molecule has 0 aromatic heterocycles. The molecule has 0 aliphatic carbocycles. The molecule has 0 radical (unpaired) electrons. The summed E-state index contributed by atoms with van der Waals surface area (Å²) in [6.45, 7) is 3.56. The Labute approximate surface area is 194 Å². The van der Waals surface area contributed by atoms with E-state index in [4.69, 9.17) is 14.2 Å². The second-order valence-corrected chi connectivity index (χ2v) is 7.56. The van der Waals surface area contributed by atoms with E-state index < -0.39 is 42.0 Å². The van der Waals surface area contributed by atoms with Crippen LogP contribution in [-0.4, -0.2) is 38.2 Å². The van der Waals surface area contributed by atoms with Gasteiger partial charge in [-0.25, -0.2) is 0 Å². The van der Waals surface area contributed by atoms with Gasteiger partial charge < -0.3 is 24.8 Å². The molecule has 182 valence electrons. The summed E-state index contributed by atoms with van der Waals surface area (Å²) in [4.78, 5) is 24.5. The number of rotatable bonds is 9. The first kappa shape index (κ1) is 25.1. The summed E-state index contributed by atoms with van der Waals surface area (Å²) in [7, 11) is 1.44. The standard InChI is InChI=1S/C24H25F3N2O5/c1-3-5-15-7-10-19(21(12-15)32-2)34-14-22(30)29-18-9-8-16(13-17(18)24(25,26)27)28-23(31)20-6-4-11-33-20/h3,7-10,12-13,20H,1,4-6,11,14H2,2H3,(H,28,31)(H,29,30). The Morgan fingerprint density at radius 2 is 1.97 bits per heavy atom. The smallest absolute Gasteiger partial charge is 0.418 e. The Morgan fingerprint density at radius 1 is 1.18 bits per heavy atom. The van der Waals surface area contributed by atoms with Crippen LogP contribution >= 0.6 is 0 Å². The molecule has 1 unspecified atom stereocenters. The van der Waals surface area contributed by atoms with Crippen molar-refractivity contribution in [2.24, 2.45) is 0 Å². The molecule has 1 saturated heterocycles. The molecule has 1 fully saturated rings. The van der Waals surface area contributed by atoms with Crippen LogP contribution in [0, 0.1) is 0 Å². The number of anilines is 2. The van der Waals surface area contributed by atoms with Crippen molar-refractivity contribution in [3.05, 3.63) is 60.2 Å². The minimum atomic E-state index is -4.77. The van der Waals surface area contributed by atoms with Crippen LogP contribution in [0.5, 0.6) is 11.5 Å². The van der Waals surface area contributed by atoms with Crippen molar-refractivity contribution in [2.75, 3.05) is 31.0 Å². The number of carbonyl (C=O) groups is 2. The number of amides is 2. The third kappa shape index (κ3) is 6.50. The minimum Gasteiger partial charge on any atom is -0.493 e. The average Bonchev–Trinajstić information content (AvgIpc) is 3.34. The Hall–Kier alpha value is -3.53. The Balaban J connectivity index is 1.68. The summed E-state index contributed by atoms with van der Waals surface area (Å²) >= 11 is 0. The van der Waals surface area contributed by atoms with Gasteiger partial charge in [-0.3, -0.25) is 9.59 Å². The van der Waals surface area contributed by atoms with E-state index in [1.807, 2.05) is 0 Å². The third-order valence-electron chi connectivity index (χ3n) is 5.06. The molecule has 2 aromatic carbocycles. The van der Waals surface area contributed by atoms with Gasteiger partial charge in [0.05, 0.1) is 18.4 Å². The van der Waals surface area contributed by atoms with Gasteiger partial charge >= 0.3 is 6.18 Å². The molecule has 2 N–H and O–H groups in total. The summed E-state index contributed by atoms with van der Waals surface area (Å²) < 4.78 is 56.8. The number of alkyl halides is 3. The van der Waals surface area contributed by atoms with Crippen LogP contribution in [0.2, 0.25) is 0 Å². The van der Waals surface area contributed by atoms with E-state index in [-0.39, 0.29) is 11.4 Å². The molecule has 0 spiro atoms. The molecule has 7 nitrogen and oxygen atoms in total. The fourth-order valence-electron chi connectivity index (χ4n) is 3.43. The number of ether oxygens (including phenoxy) is 3. The highest BCUT2D eigenvalue weighted by molar-refractivity contribution is 5.96. The summed E-state index contributed by atoms with van der Waals surface area (Å²) in [5.41, 5.74) is -0.682. The molecule has 1 aliphatic rings. The van der Waals surface area contributed by atoms with Crippen LogP contribution in [0.15, 0.2) is 49.1 Å². The van der Waals surface area contributed by atoms with Crippen LogP contribution in [0.1, 0.15) is 24.0 Å². The van der Waals surface area contributed by atoms with Crippen molar-refractivity contribution < 1.29 is 37.0 Å². The van der Waals surface area contributed by atoms with E-state index in [2.05, 4.69) is 17.2 Å². The third-order valence-corrected chi connectivity index (χ3v) is 5.06. The maximum Gasteiger partial charge on any atom is 0.418 e. The van der Waals surface area contributed by atoms with Crippen molar-refractivity contribution in [3.63, 3.8) is 0 Å². The summed E-state index contributed by atoms with van der Waals surface area (Å²) in [5, 5.41) is 4.65. The lowest BCUT2D eigenvalue weighted by Gasteiger charge is -2.17. The second kappa shape index (κ2) is 11.1. The van der Waals surface area contributed by atoms with Crippen molar-refractivity contribution in [2.45, 2.75) is 31.5 Å². The topological polar surface area (TPSA) is 85.9 Å². The maximum absolute atomic E-state index is 13.6. The van der Waals surface area contributed by atoms with Gasteiger partial charge in [-0.1, -0.05) is 12.1 Å². The van der Waals surface area contributed by atoms with Crippen LogP contribution in [0.3, 0.4) is 0 Å². The Bertz CT molecular complexity index is 1050. The second-order valence-electron chi connectivity index (χ2n) is 7.56. The van der Waals surface area contributed by atoms with Crippen molar-refractivity contribution in [1.82, 2.24) is 0 Å². The van der Waals surface area contributed by atoms with Gasteiger partial charge in [0.2, 0.25) is 0 Å². The van der Waals surface area contributed by atoms with Crippen LogP contribution in [0.4, 0.5) is 24.5 Å². The van der Waals surface area contributed by atoms with Crippen molar-refractivity contribution in [3.8, 4) is 11.5 Å². The van der Waals surface area contributed by atoms with Crippen molar-refractivity contribution >= 4 is 23.2 Å². The predicted molar refractivity (Wildman–Crippen MR) is 120 cm³/mol. The lowest BCUT2D eigenvalue weighted by Crippen LogP contribution is -2.27. The first-order chi connectivity index (χ1) is 16.2. The largest absolute Gasteiger partial charge is 0.493 e. The summed E-state index contributed by atoms with van der Waals surface area (Å²) in [6.07, 6.45) is -1.90. The number of allylic oxidation sites excluding steroid dienone is 1. The fraction of sp³-hybridized carbons (Fsp3) is 0.333. The lowest BCUT2D eigenvalue weighted by atomic mass is 10.1.